The quantitative estimate of drug-likeness (QED) is 0.777. The number of rotatable bonds is 3. The summed E-state index contributed by atoms with van der Waals surface area (Å²) in [5.74, 6) is -0.531. The molecule has 1 aliphatic rings. The Morgan fingerprint density at radius 3 is 2.45 bits per heavy atom. The Labute approximate surface area is 116 Å². The molecule has 0 spiro atoms. The number of esters is 1. The lowest BCUT2D eigenvalue weighted by molar-refractivity contribution is -0.281. The molecule has 1 aliphatic heterocycles. The van der Waals surface area contributed by atoms with Crippen LogP contribution in [0.2, 0.25) is 0 Å². The molecule has 0 unspecified atom stereocenters. The third-order valence-corrected chi connectivity index (χ3v) is 3.29. The molecule has 0 radical (unpaired) electrons. The van der Waals surface area contributed by atoms with E-state index in [1.54, 1.807) is 37.3 Å². The first-order valence-corrected chi connectivity index (χ1v) is 6.35. The summed E-state index contributed by atoms with van der Waals surface area (Å²) in [6.07, 6.45) is -4.87. The number of ether oxygens (including phenoxy) is 3. The minimum Gasteiger partial charge on any atom is -0.453 e. The predicted octanol–water partition coefficient (Wildman–Crippen LogP) is 0.325. The van der Waals surface area contributed by atoms with Crippen molar-refractivity contribution < 1.29 is 29.2 Å². The maximum absolute atomic E-state index is 12.0. The highest BCUT2D eigenvalue weighted by molar-refractivity contribution is 5.89. The summed E-state index contributed by atoms with van der Waals surface area (Å²) in [6.45, 7) is 1.64. The average molecular weight is 282 g/mol. The minimum atomic E-state index is -1.36. The van der Waals surface area contributed by atoms with Gasteiger partial charge in [-0.3, -0.25) is 0 Å². The molecule has 0 amide bonds. The Morgan fingerprint density at radius 2 is 1.85 bits per heavy atom. The van der Waals surface area contributed by atoms with Gasteiger partial charge in [-0.25, -0.2) is 4.79 Å². The maximum Gasteiger partial charge on any atom is 0.338 e. The van der Waals surface area contributed by atoms with Crippen LogP contribution >= 0.6 is 0 Å². The zero-order valence-corrected chi connectivity index (χ0v) is 11.3. The Bertz CT molecular complexity index is 448. The van der Waals surface area contributed by atoms with Crippen LogP contribution in [0.1, 0.15) is 17.3 Å². The average Bonchev–Trinajstić information content (AvgIpc) is 2.46. The van der Waals surface area contributed by atoms with Crippen LogP contribution in [-0.2, 0) is 14.2 Å². The van der Waals surface area contributed by atoms with Crippen LogP contribution in [0, 0.1) is 0 Å². The van der Waals surface area contributed by atoms with Gasteiger partial charge < -0.3 is 24.4 Å². The first-order valence-electron chi connectivity index (χ1n) is 6.35. The van der Waals surface area contributed by atoms with Crippen molar-refractivity contribution in [2.24, 2.45) is 0 Å². The Balaban J connectivity index is 2.12. The summed E-state index contributed by atoms with van der Waals surface area (Å²) in [4.78, 5) is 12.0. The van der Waals surface area contributed by atoms with E-state index in [0.29, 0.717) is 5.56 Å². The molecule has 1 fully saturated rings. The van der Waals surface area contributed by atoms with Gasteiger partial charge in [-0.15, -0.1) is 0 Å². The smallest absolute Gasteiger partial charge is 0.338 e. The summed E-state index contributed by atoms with van der Waals surface area (Å²) >= 11 is 0. The normalized spacial score (nSPS) is 33.7. The third-order valence-electron chi connectivity index (χ3n) is 3.29. The number of benzene rings is 1. The zero-order chi connectivity index (χ0) is 14.7. The van der Waals surface area contributed by atoms with Crippen LogP contribution in [0.15, 0.2) is 30.3 Å². The molecule has 0 aromatic heterocycles. The number of methoxy groups -OCH3 is 1. The highest BCUT2D eigenvalue weighted by Crippen LogP contribution is 2.25. The van der Waals surface area contributed by atoms with Gasteiger partial charge in [-0.2, -0.15) is 0 Å². The van der Waals surface area contributed by atoms with Crippen molar-refractivity contribution in [2.45, 2.75) is 37.6 Å². The van der Waals surface area contributed by atoms with Gasteiger partial charge in [-0.05, 0) is 19.1 Å². The van der Waals surface area contributed by atoms with E-state index in [4.69, 9.17) is 14.2 Å². The lowest BCUT2D eigenvalue weighted by atomic mass is 9.99. The third kappa shape index (κ3) is 2.99. The van der Waals surface area contributed by atoms with E-state index in [-0.39, 0.29) is 0 Å². The molecule has 2 rings (SSSR count). The van der Waals surface area contributed by atoms with E-state index >= 15 is 0 Å². The van der Waals surface area contributed by atoms with Gasteiger partial charge in [0.25, 0.3) is 0 Å². The lowest BCUT2D eigenvalue weighted by Crippen LogP contribution is -2.58. The van der Waals surface area contributed by atoms with E-state index in [9.17, 15) is 15.0 Å². The van der Waals surface area contributed by atoms with Gasteiger partial charge >= 0.3 is 5.97 Å². The van der Waals surface area contributed by atoms with Crippen molar-refractivity contribution in [1.29, 1.82) is 0 Å². The van der Waals surface area contributed by atoms with Crippen molar-refractivity contribution >= 4 is 5.97 Å². The molecule has 1 aromatic carbocycles. The standard InChI is InChI=1S/C14H18O6/c1-8-11(12(18-2)10(15)14(17)19-8)20-13(16)9-6-4-3-5-7-9/h3-8,10-12,14-15,17H,1-2H3/t8-,10-,11+,12-,14+/m1/s1. The van der Waals surface area contributed by atoms with Crippen molar-refractivity contribution in [2.75, 3.05) is 7.11 Å². The fraction of sp³-hybridized carbons (Fsp3) is 0.500. The molecule has 2 N–H and O–H groups in total. The van der Waals surface area contributed by atoms with Gasteiger partial charge in [0.1, 0.15) is 12.2 Å². The van der Waals surface area contributed by atoms with E-state index in [2.05, 4.69) is 0 Å². The Kier molecular flexibility index (Phi) is 4.72. The summed E-state index contributed by atoms with van der Waals surface area (Å²) in [5, 5.41) is 19.3. The van der Waals surface area contributed by atoms with Crippen LogP contribution in [0.4, 0.5) is 0 Å². The van der Waals surface area contributed by atoms with Gasteiger partial charge in [0.05, 0.1) is 11.7 Å². The highest BCUT2D eigenvalue weighted by Gasteiger charge is 2.45. The molecule has 0 aliphatic carbocycles. The molecule has 6 nitrogen and oxygen atoms in total. The van der Waals surface area contributed by atoms with Crippen molar-refractivity contribution in [1.82, 2.24) is 0 Å². The van der Waals surface area contributed by atoms with Gasteiger partial charge in [-0.1, -0.05) is 18.2 Å². The maximum atomic E-state index is 12.0. The number of carbonyl (C=O) groups is 1. The van der Waals surface area contributed by atoms with Crippen LogP contribution in [0.5, 0.6) is 0 Å². The van der Waals surface area contributed by atoms with Crippen LogP contribution in [0.25, 0.3) is 0 Å². The monoisotopic (exact) mass is 282 g/mol. The van der Waals surface area contributed by atoms with Crippen molar-refractivity contribution in [3.05, 3.63) is 35.9 Å². The van der Waals surface area contributed by atoms with E-state index < -0.39 is 36.7 Å². The molecule has 110 valence electrons. The molecule has 0 bridgehead atoms. The van der Waals surface area contributed by atoms with Gasteiger partial charge in [0.15, 0.2) is 12.4 Å². The number of carbonyl (C=O) groups excluding carboxylic acids is 1. The Morgan fingerprint density at radius 1 is 1.20 bits per heavy atom. The predicted molar refractivity (Wildman–Crippen MR) is 69.0 cm³/mol. The second-order valence-electron chi connectivity index (χ2n) is 4.66. The van der Waals surface area contributed by atoms with Crippen molar-refractivity contribution in [3.8, 4) is 0 Å². The van der Waals surface area contributed by atoms with E-state index in [1.165, 1.54) is 7.11 Å². The Hall–Kier alpha value is -1.47. The van der Waals surface area contributed by atoms with E-state index in [1.807, 2.05) is 0 Å². The van der Waals surface area contributed by atoms with Crippen LogP contribution in [-0.4, -0.2) is 54.0 Å². The number of aliphatic hydroxyl groups is 2. The molecule has 1 heterocycles. The number of hydrogen-bond acceptors (Lipinski definition) is 6. The first kappa shape index (κ1) is 14.9. The zero-order valence-electron chi connectivity index (χ0n) is 11.3. The molecule has 20 heavy (non-hydrogen) atoms. The summed E-state index contributed by atoms with van der Waals surface area (Å²) in [5.41, 5.74) is 0.398. The molecular weight excluding hydrogens is 264 g/mol. The summed E-state index contributed by atoms with van der Waals surface area (Å²) in [7, 11) is 1.38. The van der Waals surface area contributed by atoms with Crippen LogP contribution in [0.3, 0.4) is 0 Å². The van der Waals surface area contributed by atoms with Gasteiger partial charge in [0, 0.05) is 7.11 Å². The minimum absolute atomic E-state index is 0.398. The number of hydrogen-bond donors (Lipinski definition) is 2. The summed E-state index contributed by atoms with van der Waals surface area (Å²) < 4.78 is 15.6. The molecule has 1 saturated heterocycles. The molecule has 0 saturated carbocycles. The highest BCUT2D eigenvalue weighted by atomic mass is 16.7. The largest absolute Gasteiger partial charge is 0.453 e. The second-order valence-corrected chi connectivity index (χ2v) is 4.66. The second kappa shape index (κ2) is 6.32. The fourth-order valence-electron chi connectivity index (χ4n) is 2.20. The topological polar surface area (TPSA) is 85.2 Å². The number of aliphatic hydroxyl groups excluding tert-OH is 2. The fourth-order valence-corrected chi connectivity index (χ4v) is 2.20. The molecule has 6 heteroatoms. The van der Waals surface area contributed by atoms with Crippen LogP contribution < -0.4 is 0 Å². The van der Waals surface area contributed by atoms with Crippen molar-refractivity contribution in [3.63, 3.8) is 0 Å². The molecule has 1 aromatic rings. The SMILES string of the molecule is CO[C@@H]1[C@@H](O)[C@@H](O)O[C@H](C)[C@@H]1OC(=O)c1ccccc1. The molecular formula is C14H18O6. The van der Waals surface area contributed by atoms with E-state index in [0.717, 1.165) is 0 Å². The first-order chi connectivity index (χ1) is 9.54. The van der Waals surface area contributed by atoms with Gasteiger partial charge in [0.2, 0.25) is 0 Å². The summed E-state index contributed by atoms with van der Waals surface area (Å²) in [6, 6.07) is 8.50. The molecule has 5 atom stereocenters. The lowest BCUT2D eigenvalue weighted by Gasteiger charge is -2.40.